The Balaban J connectivity index is 2.23. The molecule has 0 spiro atoms. The third-order valence-electron chi connectivity index (χ3n) is 3.23. The molecule has 0 amide bonds. The van der Waals surface area contributed by atoms with Crippen LogP contribution in [0.25, 0.3) is 0 Å². The van der Waals surface area contributed by atoms with Gasteiger partial charge in [0, 0.05) is 14.1 Å². The van der Waals surface area contributed by atoms with E-state index in [0.29, 0.717) is 0 Å². The molecule has 0 saturated carbocycles. The molecule has 2 aromatic rings. The first-order chi connectivity index (χ1) is 8.58. The van der Waals surface area contributed by atoms with Crippen molar-refractivity contribution in [1.82, 2.24) is 0 Å². The molecule has 0 fully saturated rings. The third kappa shape index (κ3) is 2.65. The Morgan fingerprint density at radius 2 is 1.28 bits per heavy atom. The van der Waals surface area contributed by atoms with Crippen molar-refractivity contribution >= 4 is 11.4 Å². The van der Waals surface area contributed by atoms with Gasteiger partial charge in [0.05, 0.1) is 11.4 Å². The zero-order valence-electron chi connectivity index (χ0n) is 11.5. The quantitative estimate of drug-likeness (QED) is 0.753. The van der Waals surface area contributed by atoms with E-state index in [-0.39, 0.29) is 0 Å². The maximum atomic E-state index is 2.19. The lowest BCUT2D eigenvalue weighted by molar-refractivity contribution is 0.889. The van der Waals surface area contributed by atoms with Crippen molar-refractivity contribution in [2.24, 2.45) is 0 Å². The van der Waals surface area contributed by atoms with E-state index in [0.717, 1.165) is 0 Å². The summed E-state index contributed by atoms with van der Waals surface area (Å²) in [4.78, 5) is 0. The molecule has 0 bridgehead atoms. The van der Waals surface area contributed by atoms with Gasteiger partial charge < -0.3 is 0 Å². The van der Waals surface area contributed by atoms with Crippen LogP contribution in [0, 0.1) is 13.8 Å². The van der Waals surface area contributed by atoms with Crippen LogP contribution in [-0.4, -0.2) is 14.1 Å². The maximum Gasteiger partial charge on any atom is 0.0573 e. The van der Waals surface area contributed by atoms with Gasteiger partial charge in [0.2, 0.25) is 0 Å². The molecule has 0 aliphatic heterocycles. The Kier molecular flexibility index (Phi) is 3.56. The van der Waals surface area contributed by atoms with Crippen molar-refractivity contribution in [2.75, 3.05) is 24.1 Å². The number of hydrazine groups is 1. The summed E-state index contributed by atoms with van der Waals surface area (Å²) in [6, 6.07) is 17.1. The van der Waals surface area contributed by atoms with E-state index in [4.69, 9.17) is 0 Å². The Morgan fingerprint density at radius 1 is 0.667 bits per heavy atom. The predicted octanol–water partition coefficient (Wildman–Crippen LogP) is 3.79. The monoisotopic (exact) mass is 240 g/mol. The minimum atomic E-state index is 1.18. The van der Waals surface area contributed by atoms with Gasteiger partial charge in [0.15, 0.2) is 0 Å². The van der Waals surface area contributed by atoms with Gasteiger partial charge in [-0.25, -0.2) is 0 Å². The Morgan fingerprint density at radius 3 is 1.89 bits per heavy atom. The van der Waals surface area contributed by atoms with Gasteiger partial charge in [-0.2, -0.15) is 0 Å². The van der Waals surface area contributed by atoms with E-state index in [2.05, 4.69) is 86.5 Å². The highest BCUT2D eigenvalue weighted by atomic mass is 15.6. The Bertz CT molecular complexity index is 517. The van der Waals surface area contributed by atoms with E-state index in [1.165, 1.54) is 22.5 Å². The first-order valence-corrected chi connectivity index (χ1v) is 6.18. The number of nitrogens with zero attached hydrogens (tertiary/aromatic N) is 2. The smallest absolute Gasteiger partial charge is 0.0573 e. The van der Waals surface area contributed by atoms with Gasteiger partial charge in [-0.3, -0.25) is 10.0 Å². The molecule has 2 rings (SSSR count). The van der Waals surface area contributed by atoms with Gasteiger partial charge >= 0.3 is 0 Å². The van der Waals surface area contributed by atoms with E-state index < -0.39 is 0 Å². The second kappa shape index (κ2) is 5.13. The first-order valence-electron chi connectivity index (χ1n) is 6.18. The molecule has 0 aliphatic rings. The van der Waals surface area contributed by atoms with Crippen LogP contribution < -0.4 is 10.0 Å². The molecular weight excluding hydrogens is 220 g/mol. The average Bonchev–Trinajstić information content (AvgIpc) is 2.38. The summed E-state index contributed by atoms with van der Waals surface area (Å²) in [5.74, 6) is 0. The van der Waals surface area contributed by atoms with Crippen LogP contribution in [0.2, 0.25) is 0 Å². The summed E-state index contributed by atoms with van der Waals surface area (Å²) < 4.78 is 0. The molecule has 2 nitrogen and oxygen atoms in total. The van der Waals surface area contributed by atoms with E-state index in [1.807, 2.05) is 0 Å². The van der Waals surface area contributed by atoms with Crippen LogP contribution >= 0.6 is 0 Å². The molecule has 0 aromatic heterocycles. The fraction of sp³-hybridized carbons (Fsp3) is 0.250. The largest absolute Gasteiger partial charge is 0.289 e. The fourth-order valence-electron chi connectivity index (χ4n) is 1.94. The highest BCUT2D eigenvalue weighted by Gasteiger charge is 2.08. The van der Waals surface area contributed by atoms with Gasteiger partial charge in [0.25, 0.3) is 0 Å². The first kappa shape index (κ1) is 12.5. The molecule has 0 heterocycles. The molecule has 2 aromatic carbocycles. The summed E-state index contributed by atoms with van der Waals surface area (Å²) in [5, 5.41) is 4.30. The summed E-state index contributed by atoms with van der Waals surface area (Å²) in [6.07, 6.45) is 0. The van der Waals surface area contributed by atoms with E-state index in [9.17, 15) is 0 Å². The number of aryl methyl sites for hydroxylation is 2. The second-order valence-corrected chi connectivity index (χ2v) is 4.72. The SMILES string of the molecule is Cc1ccc(N(C)N(C)c2cccc(C)c2)cc1. The normalized spacial score (nSPS) is 10.2. The number of benzene rings is 2. The van der Waals surface area contributed by atoms with Gasteiger partial charge in [-0.05, 0) is 43.7 Å². The van der Waals surface area contributed by atoms with Crippen molar-refractivity contribution in [3.05, 3.63) is 59.7 Å². The standard InChI is InChI=1S/C16H20N2/c1-13-8-10-15(11-9-13)17(3)18(4)16-7-5-6-14(2)12-16/h5-12H,1-4H3. The lowest BCUT2D eigenvalue weighted by Gasteiger charge is -2.32. The van der Waals surface area contributed by atoms with Crippen molar-refractivity contribution in [3.63, 3.8) is 0 Å². The molecule has 0 unspecified atom stereocenters. The molecule has 94 valence electrons. The Labute approximate surface area is 109 Å². The number of hydrogen-bond acceptors (Lipinski definition) is 2. The van der Waals surface area contributed by atoms with Crippen molar-refractivity contribution < 1.29 is 0 Å². The molecular formula is C16H20N2. The average molecular weight is 240 g/mol. The highest BCUT2D eigenvalue weighted by molar-refractivity contribution is 5.57. The van der Waals surface area contributed by atoms with Crippen LogP contribution in [-0.2, 0) is 0 Å². The molecule has 18 heavy (non-hydrogen) atoms. The highest BCUT2D eigenvalue weighted by Crippen LogP contribution is 2.21. The zero-order chi connectivity index (χ0) is 13.1. The van der Waals surface area contributed by atoms with Crippen LogP contribution in [0.15, 0.2) is 48.5 Å². The van der Waals surface area contributed by atoms with Crippen LogP contribution in [0.4, 0.5) is 11.4 Å². The lowest BCUT2D eigenvalue weighted by Crippen LogP contribution is -2.36. The van der Waals surface area contributed by atoms with Gasteiger partial charge in [-0.15, -0.1) is 0 Å². The summed E-state index contributed by atoms with van der Waals surface area (Å²) in [7, 11) is 4.15. The van der Waals surface area contributed by atoms with Crippen LogP contribution in [0.1, 0.15) is 11.1 Å². The number of hydrogen-bond donors (Lipinski definition) is 0. The molecule has 0 aliphatic carbocycles. The maximum absolute atomic E-state index is 2.19. The number of anilines is 2. The van der Waals surface area contributed by atoms with Crippen molar-refractivity contribution in [3.8, 4) is 0 Å². The topological polar surface area (TPSA) is 6.48 Å². The van der Waals surface area contributed by atoms with Gasteiger partial charge in [0.1, 0.15) is 0 Å². The number of rotatable bonds is 3. The Hall–Kier alpha value is -1.96. The van der Waals surface area contributed by atoms with Crippen LogP contribution in [0.5, 0.6) is 0 Å². The summed E-state index contributed by atoms with van der Waals surface area (Å²) >= 11 is 0. The van der Waals surface area contributed by atoms with Crippen LogP contribution in [0.3, 0.4) is 0 Å². The van der Waals surface area contributed by atoms with Gasteiger partial charge in [-0.1, -0.05) is 29.8 Å². The predicted molar refractivity (Wildman–Crippen MR) is 79.2 cm³/mol. The molecule has 0 radical (unpaired) electrons. The molecule has 0 saturated heterocycles. The summed E-state index contributed by atoms with van der Waals surface area (Å²) in [6.45, 7) is 4.22. The summed E-state index contributed by atoms with van der Waals surface area (Å²) in [5.41, 5.74) is 4.93. The van der Waals surface area contributed by atoms with Crippen molar-refractivity contribution in [2.45, 2.75) is 13.8 Å². The van der Waals surface area contributed by atoms with E-state index >= 15 is 0 Å². The fourth-order valence-corrected chi connectivity index (χ4v) is 1.94. The molecule has 0 N–H and O–H groups in total. The third-order valence-corrected chi connectivity index (χ3v) is 3.23. The van der Waals surface area contributed by atoms with E-state index in [1.54, 1.807) is 0 Å². The molecule has 0 atom stereocenters. The minimum absolute atomic E-state index is 1.18. The lowest BCUT2D eigenvalue weighted by atomic mass is 10.2. The van der Waals surface area contributed by atoms with Crippen molar-refractivity contribution in [1.29, 1.82) is 0 Å². The second-order valence-electron chi connectivity index (χ2n) is 4.72. The molecule has 2 heteroatoms. The zero-order valence-corrected chi connectivity index (χ0v) is 11.5. The minimum Gasteiger partial charge on any atom is -0.289 e.